The van der Waals surface area contributed by atoms with Crippen molar-refractivity contribution in [2.24, 2.45) is 5.92 Å². The van der Waals surface area contributed by atoms with Crippen molar-refractivity contribution in [3.8, 4) is 0 Å². The molecule has 4 rings (SSSR count). The molecule has 6 heteroatoms. The summed E-state index contributed by atoms with van der Waals surface area (Å²) in [7, 11) is 1.79. The zero-order valence-electron chi connectivity index (χ0n) is 11.9. The third-order valence-corrected chi connectivity index (χ3v) is 4.53. The fourth-order valence-electron chi connectivity index (χ4n) is 3.37. The van der Waals surface area contributed by atoms with E-state index in [-0.39, 0.29) is 11.9 Å². The van der Waals surface area contributed by atoms with E-state index in [0.717, 1.165) is 18.5 Å². The van der Waals surface area contributed by atoms with Crippen LogP contribution < -0.4 is 10.6 Å². The minimum absolute atomic E-state index is 0.113. The molecule has 1 amide bonds. The summed E-state index contributed by atoms with van der Waals surface area (Å²) >= 11 is 0. The molecule has 0 aliphatic carbocycles. The molecule has 2 aromatic rings. The van der Waals surface area contributed by atoms with Crippen molar-refractivity contribution in [2.75, 3.05) is 32.0 Å². The summed E-state index contributed by atoms with van der Waals surface area (Å²) in [6.45, 7) is 3.24. The van der Waals surface area contributed by atoms with Gasteiger partial charge >= 0.3 is 0 Å². The minimum atomic E-state index is -0.113. The number of rotatable bonds is 3. The lowest BCUT2D eigenvalue weighted by Gasteiger charge is -2.22. The number of furan rings is 1. The Morgan fingerprint density at radius 2 is 2.33 bits per heavy atom. The molecule has 2 aliphatic heterocycles. The van der Waals surface area contributed by atoms with Crippen LogP contribution in [-0.2, 0) is 0 Å². The summed E-state index contributed by atoms with van der Waals surface area (Å²) in [6, 6.07) is 3.83. The van der Waals surface area contributed by atoms with Crippen LogP contribution in [0.25, 0.3) is 11.0 Å². The quantitative estimate of drug-likeness (QED) is 0.890. The fourth-order valence-corrected chi connectivity index (χ4v) is 3.37. The van der Waals surface area contributed by atoms with E-state index in [9.17, 15) is 4.79 Å². The number of hydrogen-bond acceptors (Lipinski definition) is 5. The third-order valence-electron chi connectivity index (χ3n) is 4.53. The van der Waals surface area contributed by atoms with E-state index >= 15 is 0 Å². The molecule has 4 heterocycles. The molecule has 2 saturated heterocycles. The van der Waals surface area contributed by atoms with Crippen molar-refractivity contribution >= 4 is 22.8 Å². The zero-order chi connectivity index (χ0) is 14.4. The monoisotopic (exact) mass is 286 g/mol. The highest BCUT2D eigenvalue weighted by atomic mass is 16.3. The highest BCUT2D eigenvalue weighted by molar-refractivity contribution is 5.95. The van der Waals surface area contributed by atoms with Gasteiger partial charge in [0, 0.05) is 49.9 Å². The van der Waals surface area contributed by atoms with Gasteiger partial charge in [-0.3, -0.25) is 9.78 Å². The number of nitrogens with one attached hydrogen (secondary N) is 2. The lowest BCUT2D eigenvalue weighted by Crippen LogP contribution is -2.43. The maximum Gasteiger partial charge on any atom is 0.270 e. The molecule has 6 nitrogen and oxygen atoms in total. The standard InChI is InChI=1S/C15H18N4O2/c1-16-14-4-10-6-17-11(5-13(10)21-14)15(20)18-12-8-19-3-2-9(12)7-19/h4-6,9,12,16H,2-3,7-8H2,1H3,(H,18,20). The average molecular weight is 286 g/mol. The van der Waals surface area contributed by atoms with Gasteiger partial charge in [0.05, 0.1) is 0 Å². The maximum absolute atomic E-state index is 12.3. The van der Waals surface area contributed by atoms with Crippen molar-refractivity contribution < 1.29 is 9.21 Å². The summed E-state index contributed by atoms with van der Waals surface area (Å²) in [6.07, 6.45) is 2.86. The Bertz CT molecular complexity index is 696. The van der Waals surface area contributed by atoms with Gasteiger partial charge in [0.15, 0.2) is 5.88 Å². The number of aromatic nitrogens is 1. The first-order valence-electron chi connectivity index (χ1n) is 7.33. The minimum Gasteiger partial charge on any atom is -0.441 e. The first kappa shape index (κ1) is 12.6. The summed E-state index contributed by atoms with van der Waals surface area (Å²) in [4.78, 5) is 19.0. The van der Waals surface area contributed by atoms with Gasteiger partial charge in [-0.15, -0.1) is 0 Å². The van der Waals surface area contributed by atoms with E-state index in [4.69, 9.17) is 4.42 Å². The van der Waals surface area contributed by atoms with Crippen molar-refractivity contribution in [3.05, 3.63) is 24.0 Å². The number of hydrogen-bond donors (Lipinski definition) is 2. The Balaban J connectivity index is 1.53. The molecule has 2 aromatic heterocycles. The van der Waals surface area contributed by atoms with Crippen molar-refractivity contribution in [3.63, 3.8) is 0 Å². The molecule has 2 fully saturated rings. The molecule has 3 unspecified atom stereocenters. The predicted octanol–water partition coefficient (Wildman–Crippen LogP) is 1.30. The number of anilines is 1. The second-order valence-electron chi connectivity index (χ2n) is 5.86. The van der Waals surface area contributed by atoms with Crippen LogP contribution >= 0.6 is 0 Å². The van der Waals surface area contributed by atoms with Gasteiger partial charge in [-0.2, -0.15) is 0 Å². The molecule has 21 heavy (non-hydrogen) atoms. The van der Waals surface area contributed by atoms with Crippen LogP contribution in [0.3, 0.4) is 0 Å². The number of carbonyl (C=O) groups is 1. The van der Waals surface area contributed by atoms with Crippen molar-refractivity contribution in [1.82, 2.24) is 15.2 Å². The van der Waals surface area contributed by atoms with E-state index in [2.05, 4.69) is 20.5 Å². The largest absolute Gasteiger partial charge is 0.441 e. The molecule has 2 bridgehead atoms. The van der Waals surface area contributed by atoms with Crippen molar-refractivity contribution in [2.45, 2.75) is 12.5 Å². The smallest absolute Gasteiger partial charge is 0.270 e. The van der Waals surface area contributed by atoms with Crippen LogP contribution in [0, 0.1) is 5.92 Å². The van der Waals surface area contributed by atoms with Gasteiger partial charge in [0.2, 0.25) is 0 Å². The molecule has 2 N–H and O–H groups in total. The number of pyridine rings is 1. The molecule has 0 spiro atoms. The predicted molar refractivity (Wildman–Crippen MR) is 79.4 cm³/mol. The van der Waals surface area contributed by atoms with E-state index in [1.807, 2.05) is 6.07 Å². The summed E-state index contributed by atoms with van der Waals surface area (Å²) in [5.41, 5.74) is 1.09. The molecule has 110 valence electrons. The highest BCUT2D eigenvalue weighted by Crippen LogP contribution is 2.28. The SMILES string of the molecule is CNc1cc2cnc(C(=O)NC3CN4CCC3C4)cc2o1. The van der Waals surface area contributed by atoms with Gasteiger partial charge in [-0.1, -0.05) is 0 Å². The van der Waals surface area contributed by atoms with Gasteiger partial charge in [0.25, 0.3) is 5.91 Å². The van der Waals surface area contributed by atoms with Crippen LogP contribution in [0.2, 0.25) is 0 Å². The number of fused-ring (bicyclic) bond motifs is 3. The molecule has 2 aliphatic rings. The van der Waals surface area contributed by atoms with E-state index in [0.29, 0.717) is 23.1 Å². The second-order valence-corrected chi connectivity index (χ2v) is 5.86. The lowest BCUT2D eigenvalue weighted by molar-refractivity contribution is 0.0919. The Morgan fingerprint density at radius 1 is 1.43 bits per heavy atom. The summed E-state index contributed by atoms with van der Waals surface area (Å²) < 4.78 is 5.59. The van der Waals surface area contributed by atoms with Crippen LogP contribution in [0.5, 0.6) is 0 Å². The Hall–Kier alpha value is -2.08. The molecule has 0 aromatic carbocycles. The van der Waals surface area contributed by atoms with Crippen LogP contribution in [0.4, 0.5) is 5.88 Å². The first-order valence-corrected chi connectivity index (χ1v) is 7.33. The number of piperidine rings is 1. The van der Waals surface area contributed by atoms with E-state index in [1.165, 1.54) is 13.0 Å². The summed E-state index contributed by atoms with van der Waals surface area (Å²) in [5.74, 6) is 1.15. The lowest BCUT2D eigenvalue weighted by atomic mass is 10.00. The fraction of sp³-hybridized carbons (Fsp3) is 0.467. The Labute approximate surface area is 122 Å². The highest BCUT2D eigenvalue weighted by Gasteiger charge is 2.38. The maximum atomic E-state index is 12.3. The topological polar surface area (TPSA) is 70.4 Å². The number of nitrogens with zero attached hydrogens (tertiary/aromatic N) is 2. The molecular formula is C15H18N4O2. The van der Waals surface area contributed by atoms with Crippen LogP contribution in [-0.4, -0.2) is 48.5 Å². The van der Waals surface area contributed by atoms with Gasteiger partial charge in [0.1, 0.15) is 11.3 Å². The summed E-state index contributed by atoms with van der Waals surface area (Å²) in [5, 5.41) is 6.94. The number of amides is 1. The van der Waals surface area contributed by atoms with E-state index in [1.54, 1.807) is 19.3 Å². The molecule has 0 radical (unpaired) electrons. The van der Waals surface area contributed by atoms with Gasteiger partial charge < -0.3 is 20.0 Å². The molecular weight excluding hydrogens is 268 g/mol. The molecule has 3 atom stereocenters. The van der Waals surface area contributed by atoms with E-state index < -0.39 is 0 Å². The Morgan fingerprint density at radius 3 is 3.05 bits per heavy atom. The normalized spacial score (nSPS) is 27.2. The first-order chi connectivity index (χ1) is 10.2. The Kier molecular flexibility index (Phi) is 2.85. The average Bonchev–Trinajstić information content (AvgIpc) is 3.20. The second kappa shape index (κ2) is 4.73. The van der Waals surface area contributed by atoms with Crippen LogP contribution in [0.1, 0.15) is 16.9 Å². The van der Waals surface area contributed by atoms with Crippen LogP contribution in [0.15, 0.2) is 22.7 Å². The van der Waals surface area contributed by atoms with Gasteiger partial charge in [-0.05, 0) is 18.9 Å². The van der Waals surface area contributed by atoms with Gasteiger partial charge in [-0.25, -0.2) is 0 Å². The third kappa shape index (κ3) is 2.15. The zero-order valence-corrected chi connectivity index (χ0v) is 11.9. The molecule has 0 saturated carbocycles. The van der Waals surface area contributed by atoms with Crippen molar-refractivity contribution in [1.29, 1.82) is 0 Å². The number of carbonyl (C=O) groups excluding carboxylic acids is 1.